The standard InChI is InChI=1S/C5H8I/c1-2-3-4-5-6/h4-5H,1-3H2. The first-order valence-corrected chi connectivity index (χ1v) is 3.21. The van der Waals surface area contributed by atoms with Gasteiger partial charge in [-0.05, 0) is 16.9 Å². The largest absolute Gasteiger partial charge is 0.0785 e. The highest BCUT2D eigenvalue weighted by Gasteiger charge is 1.65. The Kier molecular flexibility index (Phi) is 5.90. The minimum atomic E-state index is 1.01. The lowest BCUT2D eigenvalue weighted by Gasteiger charge is -1.75. The molecule has 0 aliphatic carbocycles. The zero-order chi connectivity index (χ0) is 4.83. The van der Waals surface area contributed by atoms with E-state index >= 15 is 0 Å². The van der Waals surface area contributed by atoms with Crippen molar-refractivity contribution in [1.29, 1.82) is 0 Å². The molecule has 0 rings (SSSR count). The van der Waals surface area contributed by atoms with Gasteiger partial charge in [-0.3, -0.25) is 0 Å². The molecule has 0 heterocycles. The van der Waals surface area contributed by atoms with Crippen molar-refractivity contribution in [2.24, 2.45) is 0 Å². The number of hydrogen-bond acceptors (Lipinski definition) is 0. The molecule has 0 unspecified atom stereocenters. The molecule has 0 aromatic rings. The van der Waals surface area contributed by atoms with E-state index < -0.39 is 0 Å². The Morgan fingerprint density at radius 3 is 2.50 bits per heavy atom. The van der Waals surface area contributed by atoms with E-state index in [0.29, 0.717) is 0 Å². The summed E-state index contributed by atoms with van der Waals surface area (Å²) in [5, 5.41) is 0. The Labute approximate surface area is 52.8 Å². The molecule has 0 fully saturated rings. The molecule has 0 aromatic carbocycles. The lowest BCUT2D eigenvalue weighted by Crippen LogP contribution is -1.55. The van der Waals surface area contributed by atoms with E-state index in [0.717, 1.165) is 12.8 Å². The van der Waals surface area contributed by atoms with E-state index in [4.69, 9.17) is 0 Å². The third kappa shape index (κ3) is 4.47. The van der Waals surface area contributed by atoms with E-state index in [1.54, 1.807) is 0 Å². The van der Waals surface area contributed by atoms with Crippen molar-refractivity contribution < 1.29 is 0 Å². The minimum Gasteiger partial charge on any atom is -0.0785 e. The Morgan fingerprint density at radius 1 is 1.67 bits per heavy atom. The summed E-state index contributed by atoms with van der Waals surface area (Å²) in [5.74, 6) is 0. The first-order chi connectivity index (χ1) is 2.91. The Morgan fingerprint density at radius 2 is 2.33 bits per heavy atom. The van der Waals surface area contributed by atoms with Gasteiger partial charge in [0, 0.05) is 0 Å². The fourth-order valence-corrected chi connectivity index (χ4v) is 0.540. The average molecular weight is 195 g/mol. The topological polar surface area (TPSA) is 0 Å². The first kappa shape index (κ1) is 6.47. The first-order valence-electron chi connectivity index (χ1n) is 1.96. The van der Waals surface area contributed by atoms with E-state index in [2.05, 4.69) is 35.6 Å². The molecule has 0 nitrogen and oxygen atoms in total. The van der Waals surface area contributed by atoms with Crippen LogP contribution in [0.3, 0.4) is 0 Å². The summed E-state index contributed by atoms with van der Waals surface area (Å²) >= 11 is 2.20. The second-order valence-electron chi connectivity index (χ2n) is 1.00. The molecule has 6 heavy (non-hydrogen) atoms. The molecule has 0 atom stereocenters. The summed E-state index contributed by atoms with van der Waals surface area (Å²) in [7, 11) is 0. The Bertz CT molecular complexity index is 39.2. The number of unbranched alkanes of at least 4 members (excludes halogenated alkanes) is 1. The highest BCUT2D eigenvalue weighted by molar-refractivity contribution is 14.1. The number of halogens is 1. The van der Waals surface area contributed by atoms with Crippen molar-refractivity contribution in [2.75, 3.05) is 0 Å². The SMILES string of the molecule is [CH2]CCC=CI. The van der Waals surface area contributed by atoms with Crippen LogP contribution in [0.4, 0.5) is 0 Å². The summed E-state index contributed by atoms with van der Waals surface area (Å²) < 4.78 is 2.02. The lowest BCUT2D eigenvalue weighted by atomic mass is 10.3. The van der Waals surface area contributed by atoms with Crippen molar-refractivity contribution in [3.8, 4) is 0 Å². The maximum absolute atomic E-state index is 3.67. The van der Waals surface area contributed by atoms with E-state index in [-0.39, 0.29) is 0 Å². The molecule has 0 amide bonds. The smallest absolute Gasteiger partial charge is 0.0274 e. The highest BCUT2D eigenvalue weighted by atomic mass is 127. The third-order valence-corrected chi connectivity index (χ3v) is 0.968. The van der Waals surface area contributed by atoms with Gasteiger partial charge in [0.15, 0.2) is 0 Å². The van der Waals surface area contributed by atoms with Crippen LogP contribution in [0.2, 0.25) is 0 Å². The third-order valence-electron chi connectivity index (χ3n) is 0.460. The molecule has 0 aliphatic heterocycles. The summed E-state index contributed by atoms with van der Waals surface area (Å²) in [6.07, 6.45) is 4.23. The van der Waals surface area contributed by atoms with Crippen molar-refractivity contribution in [1.82, 2.24) is 0 Å². The van der Waals surface area contributed by atoms with Gasteiger partial charge >= 0.3 is 0 Å². The fraction of sp³-hybridized carbons (Fsp3) is 0.400. The average Bonchev–Trinajstić information content (AvgIpc) is 1.61. The highest BCUT2D eigenvalue weighted by Crippen LogP contribution is 1.90. The molecule has 0 saturated heterocycles. The van der Waals surface area contributed by atoms with E-state index in [9.17, 15) is 0 Å². The van der Waals surface area contributed by atoms with Crippen LogP contribution >= 0.6 is 22.6 Å². The van der Waals surface area contributed by atoms with Crippen LogP contribution in [0.15, 0.2) is 10.2 Å². The van der Waals surface area contributed by atoms with Gasteiger partial charge in [-0.25, -0.2) is 0 Å². The summed E-state index contributed by atoms with van der Waals surface area (Å²) in [5.41, 5.74) is 0. The van der Waals surface area contributed by atoms with Gasteiger partial charge in [0.2, 0.25) is 0 Å². The molecule has 0 aromatic heterocycles. The number of hydrogen-bond donors (Lipinski definition) is 0. The van der Waals surface area contributed by atoms with Crippen LogP contribution in [-0.2, 0) is 0 Å². The number of allylic oxidation sites excluding steroid dienone is 1. The maximum atomic E-state index is 3.67. The Balaban J connectivity index is 2.66. The van der Waals surface area contributed by atoms with Crippen LogP contribution in [0.25, 0.3) is 0 Å². The molecular formula is C5H8I. The minimum absolute atomic E-state index is 1.01. The quantitative estimate of drug-likeness (QED) is 0.594. The molecule has 1 radical (unpaired) electrons. The maximum Gasteiger partial charge on any atom is -0.0274 e. The zero-order valence-corrected chi connectivity index (χ0v) is 5.81. The molecule has 0 N–H and O–H groups in total. The molecule has 1 heteroatoms. The second-order valence-corrected chi connectivity index (χ2v) is 1.72. The Hall–Kier alpha value is 0.470. The van der Waals surface area contributed by atoms with Crippen LogP contribution in [0.1, 0.15) is 12.8 Å². The van der Waals surface area contributed by atoms with E-state index in [1.807, 2.05) is 4.08 Å². The predicted octanol–water partition coefficient (Wildman–Crippen LogP) is 2.55. The number of rotatable bonds is 2. The van der Waals surface area contributed by atoms with Crippen molar-refractivity contribution >= 4 is 22.6 Å². The van der Waals surface area contributed by atoms with E-state index in [1.165, 1.54) is 0 Å². The monoisotopic (exact) mass is 195 g/mol. The molecule has 0 saturated carbocycles. The van der Waals surface area contributed by atoms with Gasteiger partial charge in [0.05, 0.1) is 0 Å². The van der Waals surface area contributed by atoms with Crippen LogP contribution in [0.5, 0.6) is 0 Å². The predicted molar refractivity (Wildman–Crippen MR) is 37.8 cm³/mol. The van der Waals surface area contributed by atoms with Crippen molar-refractivity contribution in [3.05, 3.63) is 17.1 Å². The van der Waals surface area contributed by atoms with Gasteiger partial charge in [-0.1, -0.05) is 35.6 Å². The zero-order valence-electron chi connectivity index (χ0n) is 3.65. The molecule has 0 aliphatic rings. The van der Waals surface area contributed by atoms with Crippen LogP contribution in [-0.4, -0.2) is 0 Å². The molecule has 0 bridgehead atoms. The van der Waals surface area contributed by atoms with Crippen LogP contribution < -0.4 is 0 Å². The van der Waals surface area contributed by atoms with Gasteiger partial charge in [-0.2, -0.15) is 0 Å². The lowest BCUT2D eigenvalue weighted by molar-refractivity contribution is 1.05. The summed E-state index contributed by atoms with van der Waals surface area (Å²) in [6, 6.07) is 0. The van der Waals surface area contributed by atoms with Crippen LogP contribution in [0, 0.1) is 6.92 Å². The van der Waals surface area contributed by atoms with Crippen molar-refractivity contribution in [2.45, 2.75) is 12.8 Å². The second kappa shape index (κ2) is 5.47. The van der Waals surface area contributed by atoms with Gasteiger partial charge < -0.3 is 0 Å². The fourth-order valence-electron chi connectivity index (χ4n) is 0.181. The molecule has 0 spiro atoms. The molecule has 35 valence electrons. The summed E-state index contributed by atoms with van der Waals surface area (Å²) in [6.45, 7) is 3.67. The normalized spacial score (nSPS) is 10.3. The van der Waals surface area contributed by atoms with Gasteiger partial charge in [0.1, 0.15) is 0 Å². The summed E-state index contributed by atoms with van der Waals surface area (Å²) in [4.78, 5) is 0. The van der Waals surface area contributed by atoms with Gasteiger partial charge in [0.25, 0.3) is 0 Å². The van der Waals surface area contributed by atoms with Crippen molar-refractivity contribution in [3.63, 3.8) is 0 Å². The van der Waals surface area contributed by atoms with Gasteiger partial charge in [-0.15, -0.1) is 0 Å². The molecular weight excluding hydrogens is 187 g/mol.